The number of likely N-dealkylation sites (tertiary alicyclic amines) is 1. The van der Waals surface area contributed by atoms with Crippen molar-refractivity contribution in [3.8, 4) is 5.75 Å². The van der Waals surface area contributed by atoms with Crippen molar-refractivity contribution in [2.45, 2.75) is 95.7 Å². The monoisotopic (exact) mass is 411 g/mol. The predicted molar refractivity (Wildman–Crippen MR) is 121 cm³/mol. The smallest absolute Gasteiger partial charge is 0.230 e. The van der Waals surface area contributed by atoms with Crippen molar-refractivity contribution in [3.05, 3.63) is 29.8 Å². The zero-order chi connectivity index (χ0) is 20.8. The molecule has 1 aliphatic heterocycles. The first-order valence-electron chi connectivity index (χ1n) is 12.1. The fourth-order valence-corrected chi connectivity index (χ4v) is 5.02. The summed E-state index contributed by atoms with van der Waals surface area (Å²) in [5.74, 6) is 0.945. The molecule has 2 saturated carbocycles. The molecule has 2 aliphatic carbocycles. The lowest BCUT2D eigenvalue weighted by atomic mass is 9.93. The van der Waals surface area contributed by atoms with E-state index in [0.29, 0.717) is 6.10 Å². The van der Waals surface area contributed by atoms with Gasteiger partial charge in [0, 0.05) is 19.1 Å². The van der Waals surface area contributed by atoms with Crippen molar-refractivity contribution in [3.63, 3.8) is 0 Å². The Labute approximate surface area is 181 Å². The highest BCUT2D eigenvalue weighted by Gasteiger charge is 2.28. The van der Waals surface area contributed by atoms with Crippen molar-refractivity contribution in [2.24, 2.45) is 5.10 Å². The Kier molecular flexibility index (Phi) is 7.42. The van der Waals surface area contributed by atoms with E-state index in [0.717, 1.165) is 68.0 Å². The Bertz CT molecular complexity index is 700. The summed E-state index contributed by atoms with van der Waals surface area (Å²) in [7, 11) is 0. The van der Waals surface area contributed by atoms with Crippen molar-refractivity contribution >= 4 is 12.1 Å². The minimum atomic E-state index is 0.284. The summed E-state index contributed by atoms with van der Waals surface area (Å²) in [4.78, 5) is 14.2. The third-order valence-electron chi connectivity index (χ3n) is 7.09. The molecule has 1 amide bonds. The zero-order valence-electron chi connectivity index (χ0n) is 18.5. The Morgan fingerprint density at radius 3 is 2.33 bits per heavy atom. The van der Waals surface area contributed by atoms with Crippen LogP contribution in [0.25, 0.3) is 0 Å². The van der Waals surface area contributed by atoms with Gasteiger partial charge in [-0.2, -0.15) is 5.10 Å². The van der Waals surface area contributed by atoms with E-state index in [1.165, 1.54) is 45.2 Å². The summed E-state index contributed by atoms with van der Waals surface area (Å²) >= 11 is 0. The Morgan fingerprint density at radius 2 is 1.77 bits per heavy atom. The Balaban J connectivity index is 1.33. The lowest BCUT2D eigenvalue weighted by molar-refractivity contribution is -0.121. The van der Waals surface area contributed by atoms with Crippen molar-refractivity contribution in [1.29, 1.82) is 0 Å². The number of hydrogen-bond donors (Lipinski definition) is 0. The molecule has 164 valence electrons. The molecule has 5 heteroatoms. The van der Waals surface area contributed by atoms with E-state index in [9.17, 15) is 4.79 Å². The number of amides is 1. The van der Waals surface area contributed by atoms with Gasteiger partial charge in [-0.15, -0.1) is 0 Å². The average molecular weight is 412 g/mol. The van der Waals surface area contributed by atoms with Gasteiger partial charge in [-0.25, -0.2) is 5.01 Å². The molecule has 1 aromatic rings. The van der Waals surface area contributed by atoms with Crippen LogP contribution in [0, 0.1) is 0 Å². The molecule has 1 saturated heterocycles. The molecule has 0 bridgehead atoms. The van der Waals surface area contributed by atoms with Gasteiger partial charge < -0.3 is 9.64 Å². The third kappa shape index (κ3) is 5.23. The van der Waals surface area contributed by atoms with E-state index in [1.807, 2.05) is 0 Å². The molecule has 1 aromatic carbocycles. The molecule has 0 radical (unpaired) electrons. The number of hydrogen-bond acceptors (Lipinski definition) is 4. The topological polar surface area (TPSA) is 45.1 Å². The molecule has 0 spiro atoms. The van der Waals surface area contributed by atoms with E-state index in [1.54, 1.807) is 5.01 Å². The second kappa shape index (κ2) is 10.4. The number of rotatable bonds is 9. The van der Waals surface area contributed by atoms with Crippen LogP contribution >= 0.6 is 0 Å². The maximum atomic E-state index is 11.5. The first kappa shape index (κ1) is 21.4. The second-order valence-electron chi connectivity index (χ2n) is 9.18. The largest absolute Gasteiger partial charge is 0.490 e. The Hall–Kier alpha value is -1.88. The molecule has 5 nitrogen and oxygen atoms in total. The van der Waals surface area contributed by atoms with Crippen LogP contribution in [0.5, 0.6) is 5.75 Å². The highest BCUT2D eigenvalue weighted by atomic mass is 16.5. The number of piperidine rings is 1. The van der Waals surface area contributed by atoms with Crippen molar-refractivity contribution in [1.82, 2.24) is 9.91 Å². The molecular weight excluding hydrogens is 374 g/mol. The number of benzene rings is 1. The number of hydrazone groups is 1. The van der Waals surface area contributed by atoms with Crippen LogP contribution in [-0.2, 0) is 4.79 Å². The van der Waals surface area contributed by atoms with E-state index < -0.39 is 0 Å². The van der Waals surface area contributed by atoms with Crippen LogP contribution in [0.1, 0.15) is 83.1 Å². The predicted octanol–water partition coefficient (Wildman–Crippen LogP) is 4.99. The van der Waals surface area contributed by atoms with Crippen LogP contribution < -0.4 is 4.74 Å². The van der Waals surface area contributed by atoms with E-state index >= 15 is 0 Å². The molecular formula is C25H37N3O2. The van der Waals surface area contributed by atoms with Crippen molar-refractivity contribution in [2.75, 3.05) is 13.1 Å². The van der Waals surface area contributed by atoms with Gasteiger partial charge in [-0.05, 0) is 81.2 Å². The number of carbonyl (C=O) groups excluding carboxylic acids is 1. The van der Waals surface area contributed by atoms with Gasteiger partial charge in [-0.1, -0.05) is 26.2 Å². The normalized spacial score (nSPS) is 22.1. The van der Waals surface area contributed by atoms with Gasteiger partial charge in [0.1, 0.15) is 11.9 Å². The fourth-order valence-electron chi connectivity index (χ4n) is 5.02. The highest BCUT2D eigenvalue weighted by molar-refractivity contribution is 6.00. The van der Waals surface area contributed by atoms with Gasteiger partial charge in [-0.3, -0.25) is 4.79 Å². The first-order chi connectivity index (χ1) is 14.8. The number of ether oxygens (including phenoxy) is 1. The first-order valence-corrected chi connectivity index (χ1v) is 12.1. The van der Waals surface area contributed by atoms with E-state index in [-0.39, 0.29) is 6.04 Å². The highest BCUT2D eigenvalue weighted by Crippen LogP contribution is 2.28. The van der Waals surface area contributed by atoms with Crippen LogP contribution in [0.4, 0.5) is 0 Å². The SMILES string of the molecule is CCC/C(=N\N(C=O)C1CCC1)c1ccc(OC2CCN(C3CCCC3)CC2)cc1. The number of carbonyl (C=O) groups is 1. The summed E-state index contributed by atoms with van der Waals surface area (Å²) in [5, 5.41) is 6.34. The summed E-state index contributed by atoms with van der Waals surface area (Å²) < 4.78 is 6.29. The van der Waals surface area contributed by atoms with Crippen LogP contribution in [-0.4, -0.2) is 53.3 Å². The van der Waals surface area contributed by atoms with Gasteiger partial charge in [0.05, 0.1) is 11.8 Å². The Morgan fingerprint density at radius 1 is 1.07 bits per heavy atom. The van der Waals surface area contributed by atoms with E-state index in [2.05, 4.69) is 36.1 Å². The third-order valence-corrected chi connectivity index (χ3v) is 7.09. The molecule has 0 N–H and O–H groups in total. The standard InChI is InChI=1S/C25H37N3O2/c1-2-6-25(26-28(19-29)22-9-5-10-22)20-11-13-23(14-12-20)30-24-15-17-27(18-16-24)21-7-3-4-8-21/h11-14,19,21-22,24H,2-10,15-18H2,1H3/b26-25+. The van der Waals surface area contributed by atoms with Crippen molar-refractivity contribution < 1.29 is 9.53 Å². The average Bonchev–Trinajstić information content (AvgIpc) is 3.27. The lowest BCUT2D eigenvalue weighted by Crippen LogP contribution is -2.43. The van der Waals surface area contributed by atoms with Gasteiger partial charge >= 0.3 is 0 Å². The minimum absolute atomic E-state index is 0.284. The molecule has 4 rings (SSSR count). The summed E-state index contributed by atoms with van der Waals surface area (Å²) in [6.07, 6.45) is 14.2. The lowest BCUT2D eigenvalue weighted by Gasteiger charge is -2.36. The molecule has 0 atom stereocenters. The summed E-state index contributed by atoms with van der Waals surface area (Å²) in [6.45, 7) is 4.49. The molecule has 1 heterocycles. The maximum Gasteiger partial charge on any atom is 0.230 e. The van der Waals surface area contributed by atoms with Crippen LogP contribution in [0.3, 0.4) is 0 Å². The molecule has 3 fully saturated rings. The number of nitrogens with zero attached hydrogens (tertiary/aromatic N) is 3. The zero-order valence-corrected chi connectivity index (χ0v) is 18.5. The van der Waals surface area contributed by atoms with Crippen LogP contribution in [0.2, 0.25) is 0 Å². The summed E-state index contributed by atoms with van der Waals surface area (Å²) in [5.41, 5.74) is 2.08. The molecule has 0 aromatic heterocycles. The minimum Gasteiger partial charge on any atom is -0.490 e. The van der Waals surface area contributed by atoms with Gasteiger partial charge in [0.25, 0.3) is 0 Å². The molecule has 3 aliphatic rings. The van der Waals surface area contributed by atoms with E-state index in [4.69, 9.17) is 9.84 Å². The summed E-state index contributed by atoms with van der Waals surface area (Å²) in [6, 6.07) is 9.44. The fraction of sp³-hybridized carbons (Fsp3) is 0.680. The molecule has 0 unspecified atom stereocenters. The maximum absolute atomic E-state index is 11.5. The van der Waals surface area contributed by atoms with Gasteiger partial charge in [0.2, 0.25) is 6.41 Å². The second-order valence-corrected chi connectivity index (χ2v) is 9.18. The van der Waals surface area contributed by atoms with Gasteiger partial charge in [0.15, 0.2) is 0 Å². The van der Waals surface area contributed by atoms with Crippen LogP contribution in [0.15, 0.2) is 29.4 Å². The molecule has 30 heavy (non-hydrogen) atoms. The quantitative estimate of drug-likeness (QED) is 0.327.